The largest absolute Gasteiger partial charge is 0.298 e. The fraction of sp³-hybridized carbons (Fsp3) is 0.231. The van der Waals surface area contributed by atoms with Crippen molar-refractivity contribution in [2.75, 3.05) is 10.9 Å². The molecule has 1 aliphatic carbocycles. The molecule has 1 fully saturated rings. The van der Waals surface area contributed by atoms with Gasteiger partial charge in [0.1, 0.15) is 16.8 Å². The Morgan fingerprint density at radius 1 is 1.00 bits per heavy atom. The third-order valence-corrected chi connectivity index (χ3v) is 3.65. The molecule has 1 aromatic carbocycles. The first-order valence-electron chi connectivity index (χ1n) is 6.13. The van der Waals surface area contributed by atoms with Gasteiger partial charge in [0.05, 0.1) is 10.7 Å². The molecule has 0 amide bonds. The number of nitrogens with zero attached hydrogens (tertiary/aromatic N) is 2. The van der Waals surface area contributed by atoms with Crippen molar-refractivity contribution in [3.63, 3.8) is 0 Å². The van der Waals surface area contributed by atoms with E-state index in [0.717, 1.165) is 18.7 Å². The van der Waals surface area contributed by atoms with E-state index in [9.17, 15) is 0 Å². The Balaban J connectivity index is 1.74. The molecule has 1 aromatic heterocycles. The van der Waals surface area contributed by atoms with Crippen molar-refractivity contribution < 1.29 is 0 Å². The molecule has 0 unspecified atom stereocenters. The molecule has 1 aliphatic rings. The van der Waals surface area contributed by atoms with Crippen molar-refractivity contribution in [2.45, 2.75) is 18.8 Å². The summed E-state index contributed by atoms with van der Waals surface area (Å²) in [6.45, 7) is 0. The summed E-state index contributed by atoms with van der Waals surface area (Å²) in [5.74, 6) is 1.83. The zero-order chi connectivity index (χ0) is 14.1. The number of anilines is 2. The van der Waals surface area contributed by atoms with Crippen molar-refractivity contribution >= 4 is 46.3 Å². The lowest BCUT2D eigenvalue weighted by molar-refractivity contribution is 0.928. The van der Waals surface area contributed by atoms with E-state index in [1.54, 1.807) is 24.3 Å². The molecule has 0 bridgehead atoms. The van der Waals surface area contributed by atoms with Gasteiger partial charge in [-0.1, -0.05) is 34.8 Å². The van der Waals surface area contributed by atoms with E-state index in [1.165, 1.54) is 0 Å². The van der Waals surface area contributed by atoms with Gasteiger partial charge in [-0.25, -0.2) is 9.97 Å². The quantitative estimate of drug-likeness (QED) is 0.627. The number of hydrogen-bond donors (Lipinski definition) is 2. The molecule has 104 valence electrons. The summed E-state index contributed by atoms with van der Waals surface area (Å²) in [6.07, 6.45) is 2.24. The highest BCUT2D eigenvalue weighted by Crippen LogP contribution is 2.38. The van der Waals surface area contributed by atoms with Crippen molar-refractivity contribution in [3.8, 4) is 0 Å². The molecule has 7 heteroatoms. The summed E-state index contributed by atoms with van der Waals surface area (Å²) in [7, 11) is 0. The van der Waals surface area contributed by atoms with Gasteiger partial charge in [-0.2, -0.15) is 0 Å². The normalized spacial score (nSPS) is 14.2. The zero-order valence-corrected chi connectivity index (χ0v) is 12.6. The van der Waals surface area contributed by atoms with Crippen molar-refractivity contribution in [1.29, 1.82) is 0 Å². The summed E-state index contributed by atoms with van der Waals surface area (Å²) in [5, 5.41) is 1.53. The smallest absolute Gasteiger partial charge is 0.149 e. The predicted molar refractivity (Wildman–Crippen MR) is 82.7 cm³/mol. The Morgan fingerprint density at radius 2 is 1.80 bits per heavy atom. The first-order chi connectivity index (χ1) is 9.61. The van der Waals surface area contributed by atoms with Gasteiger partial charge in [0, 0.05) is 17.0 Å². The Kier molecular flexibility index (Phi) is 3.87. The van der Waals surface area contributed by atoms with Gasteiger partial charge in [-0.3, -0.25) is 10.9 Å². The molecule has 0 aliphatic heterocycles. The van der Waals surface area contributed by atoms with Crippen molar-refractivity contribution in [2.24, 2.45) is 0 Å². The van der Waals surface area contributed by atoms with Crippen LogP contribution in [0.4, 0.5) is 11.5 Å². The standard InChI is InChI=1S/C13H11Cl3N4/c14-8-3-4-10(9(15)5-8)19-20-12-6-11(16)17-13(18-12)7-1-2-7/h3-7,19H,1-2H2,(H,17,18,20). The number of aromatic nitrogens is 2. The van der Waals surface area contributed by atoms with Crippen molar-refractivity contribution in [1.82, 2.24) is 9.97 Å². The van der Waals surface area contributed by atoms with Gasteiger partial charge in [-0.15, -0.1) is 0 Å². The van der Waals surface area contributed by atoms with Crippen LogP contribution in [0, 0.1) is 0 Å². The van der Waals surface area contributed by atoms with Crippen LogP contribution in [0.5, 0.6) is 0 Å². The molecule has 0 spiro atoms. The number of nitrogens with one attached hydrogen (secondary N) is 2. The van der Waals surface area contributed by atoms with E-state index in [4.69, 9.17) is 34.8 Å². The maximum Gasteiger partial charge on any atom is 0.149 e. The monoisotopic (exact) mass is 328 g/mol. The fourth-order valence-electron chi connectivity index (χ4n) is 1.75. The fourth-order valence-corrected chi connectivity index (χ4v) is 2.39. The average molecular weight is 330 g/mol. The van der Waals surface area contributed by atoms with Crippen molar-refractivity contribution in [3.05, 3.63) is 45.3 Å². The molecule has 0 atom stereocenters. The first-order valence-corrected chi connectivity index (χ1v) is 7.27. The second kappa shape index (κ2) is 5.64. The second-order valence-electron chi connectivity index (χ2n) is 4.58. The minimum Gasteiger partial charge on any atom is -0.298 e. The molecule has 3 rings (SSSR count). The van der Waals surface area contributed by atoms with E-state index in [-0.39, 0.29) is 0 Å². The van der Waals surface area contributed by atoms with Gasteiger partial charge in [0.15, 0.2) is 0 Å². The minimum absolute atomic E-state index is 0.424. The number of halogens is 3. The molecular weight excluding hydrogens is 319 g/mol. The average Bonchev–Trinajstić information content (AvgIpc) is 3.21. The Bertz CT molecular complexity index is 644. The molecule has 0 saturated heterocycles. The van der Waals surface area contributed by atoms with Gasteiger partial charge in [0.2, 0.25) is 0 Å². The summed E-state index contributed by atoms with van der Waals surface area (Å²) >= 11 is 17.9. The molecule has 1 heterocycles. The van der Waals surface area contributed by atoms with Crippen LogP contribution >= 0.6 is 34.8 Å². The number of hydrazine groups is 1. The van der Waals surface area contributed by atoms with Crippen LogP contribution in [0.2, 0.25) is 15.2 Å². The van der Waals surface area contributed by atoms with E-state index < -0.39 is 0 Å². The van der Waals surface area contributed by atoms with Crippen LogP contribution in [0.25, 0.3) is 0 Å². The zero-order valence-electron chi connectivity index (χ0n) is 10.3. The van der Waals surface area contributed by atoms with E-state index >= 15 is 0 Å². The third kappa shape index (κ3) is 3.26. The van der Waals surface area contributed by atoms with Gasteiger partial charge in [-0.05, 0) is 31.0 Å². The van der Waals surface area contributed by atoms with Crippen LogP contribution in [0.15, 0.2) is 24.3 Å². The lowest BCUT2D eigenvalue weighted by Gasteiger charge is -2.11. The van der Waals surface area contributed by atoms with E-state index in [2.05, 4.69) is 20.8 Å². The van der Waals surface area contributed by atoms with Crippen LogP contribution in [0.1, 0.15) is 24.6 Å². The highest BCUT2D eigenvalue weighted by atomic mass is 35.5. The lowest BCUT2D eigenvalue weighted by Crippen LogP contribution is -2.11. The van der Waals surface area contributed by atoms with Gasteiger partial charge in [0.25, 0.3) is 0 Å². The third-order valence-electron chi connectivity index (χ3n) is 2.91. The van der Waals surface area contributed by atoms with Crippen LogP contribution in [0.3, 0.4) is 0 Å². The lowest BCUT2D eigenvalue weighted by atomic mass is 10.3. The topological polar surface area (TPSA) is 49.8 Å². The van der Waals surface area contributed by atoms with Crippen LogP contribution in [-0.4, -0.2) is 9.97 Å². The predicted octanol–water partition coefficient (Wildman–Crippen LogP) is 4.75. The molecule has 2 aromatic rings. The Morgan fingerprint density at radius 3 is 2.50 bits per heavy atom. The van der Waals surface area contributed by atoms with Crippen LogP contribution in [-0.2, 0) is 0 Å². The van der Waals surface area contributed by atoms with Gasteiger partial charge >= 0.3 is 0 Å². The molecular formula is C13H11Cl3N4. The number of benzene rings is 1. The summed E-state index contributed by atoms with van der Waals surface area (Å²) < 4.78 is 0. The summed E-state index contributed by atoms with van der Waals surface area (Å²) in [6, 6.07) is 6.85. The second-order valence-corrected chi connectivity index (χ2v) is 5.81. The Hall–Kier alpha value is -1.23. The van der Waals surface area contributed by atoms with Crippen LogP contribution < -0.4 is 10.9 Å². The molecule has 4 nitrogen and oxygen atoms in total. The Labute approximate surface area is 131 Å². The van der Waals surface area contributed by atoms with E-state index in [0.29, 0.717) is 32.6 Å². The molecule has 1 saturated carbocycles. The summed E-state index contributed by atoms with van der Waals surface area (Å²) in [5.41, 5.74) is 6.66. The maximum atomic E-state index is 6.07. The summed E-state index contributed by atoms with van der Waals surface area (Å²) in [4.78, 5) is 8.64. The SMILES string of the molecule is Clc1ccc(NNc2cc(Cl)nc(C3CC3)n2)c(Cl)c1. The molecule has 20 heavy (non-hydrogen) atoms. The first kappa shape index (κ1) is 13.7. The molecule has 0 radical (unpaired) electrons. The van der Waals surface area contributed by atoms with Gasteiger partial charge < -0.3 is 0 Å². The highest BCUT2D eigenvalue weighted by molar-refractivity contribution is 6.36. The minimum atomic E-state index is 0.424. The molecule has 2 N–H and O–H groups in total. The maximum absolute atomic E-state index is 6.07. The van der Waals surface area contributed by atoms with E-state index in [1.807, 2.05) is 0 Å². The highest BCUT2D eigenvalue weighted by Gasteiger charge is 2.27. The number of rotatable bonds is 4. The number of hydrogen-bond acceptors (Lipinski definition) is 4.